The van der Waals surface area contributed by atoms with Crippen LogP contribution in [0.2, 0.25) is 0 Å². The topological polar surface area (TPSA) is 96.2 Å². The van der Waals surface area contributed by atoms with Gasteiger partial charge in [-0.25, -0.2) is 4.68 Å². The van der Waals surface area contributed by atoms with E-state index in [1.165, 1.54) is 0 Å². The Kier molecular flexibility index (Phi) is 3.95. The normalized spacial score (nSPS) is 18.7. The van der Waals surface area contributed by atoms with Crippen molar-refractivity contribution < 1.29 is 9.59 Å². The van der Waals surface area contributed by atoms with Crippen molar-refractivity contribution >= 4 is 17.8 Å². The van der Waals surface area contributed by atoms with Crippen molar-refractivity contribution in [2.75, 3.05) is 31.1 Å². The van der Waals surface area contributed by atoms with E-state index in [1.807, 2.05) is 18.7 Å². The van der Waals surface area contributed by atoms with E-state index >= 15 is 0 Å². The Morgan fingerprint density at radius 2 is 1.86 bits per heavy atom. The molecule has 0 spiro atoms. The zero-order valence-corrected chi connectivity index (χ0v) is 12.9. The highest BCUT2D eigenvalue weighted by atomic mass is 16.2. The van der Waals surface area contributed by atoms with Gasteiger partial charge in [0.1, 0.15) is 0 Å². The van der Waals surface area contributed by atoms with Gasteiger partial charge >= 0.3 is 11.8 Å². The summed E-state index contributed by atoms with van der Waals surface area (Å²) in [7, 11) is 0. The van der Waals surface area contributed by atoms with Crippen LogP contribution in [0.4, 0.5) is 5.95 Å². The Hall–Kier alpha value is -2.19. The molecular formula is C13H21N7O2. The number of piperazine rings is 1. The molecule has 0 atom stereocenters. The molecule has 1 aromatic heterocycles. The Morgan fingerprint density at radius 1 is 1.18 bits per heavy atom. The maximum Gasteiger partial charge on any atom is 0.312 e. The summed E-state index contributed by atoms with van der Waals surface area (Å²) in [5, 5.41) is 14.5. The molecule has 1 aliphatic heterocycles. The smallest absolute Gasteiger partial charge is 0.312 e. The first-order valence-corrected chi connectivity index (χ1v) is 7.69. The number of nitrogens with one attached hydrogen (secondary N) is 1. The summed E-state index contributed by atoms with van der Waals surface area (Å²) < 4.78 is 1.76. The first kappa shape index (κ1) is 14.7. The minimum Gasteiger partial charge on any atom is -0.345 e. The molecule has 2 heterocycles. The van der Waals surface area contributed by atoms with Gasteiger partial charge in [-0.05, 0) is 37.1 Å². The number of hydrogen-bond acceptors (Lipinski definition) is 6. The predicted molar refractivity (Wildman–Crippen MR) is 78.2 cm³/mol. The molecule has 2 amide bonds. The number of tetrazole rings is 1. The second-order valence-corrected chi connectivity index (χ2v) is 6.04. The van der Waals surface area contributed by atoms with Crippen molar-refractivity contribution in [3.8, 4) is 0 Å². The van der Waals surface area contributed by atoms with E-state index in [4.69, 9.17) is 0 Å². The third-order valence-electron chi connectivity index (χ3n) is 3.92. The van der Waals surface area contributed by atoms with Crippen LogP contribution in [0.5, 0.6) is 0 Å². The van der Waals surface area contributed by atoms with Crippen LogP contribution >= 0.6 is 0 Å². The van der Waals surface area contributed by atoms with Crippen LogP contribution in [0.1, 0.15) is 32.7 Å². The minimum absolute atomic E-state index is 0.175. The van der Waals surface area contributed by atoms with Crippen LogP contribution in [0, 0.1) is 0 Å². The number of amides is 2. The average Bonchev–Trinajstić information content (AvgIpc) is 3.18. The van der Waals surface area contributed by atoms with Gasteiger partial charge in [0.25, 0.3) is 0 Å². The van der Waals surface area contributed by atoms with E-state index in [-0.39, 0.29) is 12.1 Å². The first-order valence-electron chi connectivity index (χ1n) is 7.69. The van der Waals surface area contributed by atoms with Gasteiger partial charge in [0.05, 0.1) is 6.04 Å². The maximum absolute atomic E-state index is 12.1. The summed E-state index contributed by atoms with van der Waals surface area (Å²) in [6.45, 7) is 6.28. The van der Waals surface area contributed by atoms with Gasteiger partial charge in [0.2, 0.25) is 5.95 Å². The van der Waals surface area contributed by atoms with E-state index in [2.05, 4.69) is 20.8 Å². The average molecular weight is 307 g/mol. The number of carbonyl (C=O) groups is 2. The Balaban J connectivity index is 1.56. The van der Waals surface area contributed by atoms with Crippen molar-refractivity contribution in [3.63, 3.8) is 0 Å². The van der Waals surface area contributed by atoms with E-state index in [0.717, 1.165) is 12.8 Å². The first-order chi connectivity index (χ1) is 10.6. The molecule has 120 valence electrons. The van der Waals surface area contributed by atoms with Gasteiger partial charge in [0, 0.05) is 32.2 Å². The molecule has 3 rings (SSSR count). The molecule has 1 N–H and O–H groups in total. The molecular weight excluding hydrogens is 286 g/mol. The Labute approximate surface area is 128 Å². The van der Waals surface area contributed by atoms with Gasteiger partial charge in [-0.2, -0.15) is 0 Å². The standard InChI is InChI=1S/C13H21N7O2/c1-9(2)20-13(15-16-17-20)19-7-5-18(6-8-19)12(22)11(21)14-10-3-4-10/h9-10H,3-8H2,1-2H3,(H,14,21). The molecule has 0 unspecified atom stereocenters. The SMILES string of the molecule is CC(C)n1nnnc1N1CCN(C(=O)C(=O)NC2CC2)CC1. The quantitative estimate of drug-likeness (QED) is 0.733. The summed E-state index contributed by atoms with van der Waals surface area (Å²) in [5.74, 6) is -0.206. The lowest BCUT2D eigenvalue weighted by molar-refractivity contribution is -0.146. The van der Waals surface area contributed by atoms with E-state index < -0.39 is 11.8 Å². The molecule has 0 radical (unpaired) electrons. The third kappa shape index (κ3) is 3.02. The molecule has 9 nitrogen and oxygen atoms in total. The lowest BCUT2D eigenvalue weighted by atomic mass is 10.3. The minimum atomic E-state index is -0.483. The lowest BCUT2D eigenvalue weighted by Gasteiger charge is -2.34. The van der Waals surface area contributed by atoms with E-state index in [1.54, 1.807) is 9.58 Å². The maximum atomic E-state index is 12.1. The third-order valence-corrected chi connectivity index (χ3v) is 3.92. The molecule has 0 bridgehead atoms. The van der Waals surface area contributed by atoms with Gasteiger partial charge in [0.15, 0.2) is 0 Å². The second kappa shape index (κ2) is 5.90. The number of aromatic nitrogens is 4. The highest BCUT2D eigenvalue weighted by Gasteiger charge is 2.31. The van der Waals surface area contributed by atoms with E-state index in [9.17, 15) is 9.59 Å². The zero-order chi connectivity index (χ0) is 15.7. The van der Waals surface area contributed by atoms with Gasteiger partial charge < -0.3 is 15.1 Å². The molecule has 2 fully saturated rings. The number of carbonyl (C=O) groups excluding carboxylic acids is 2. The largest absolute Gasteiger partial charge is 0.345 e. The summed E-state index contributed by atoms with van der Waals surface area (Å²) in [6, 6.07) is 0.377. The Bertz CT molecular complexity index is 558. The van der Waals surface area contributed by atoms with Gasteiger partial charge in [-0.1, -0.05) is 5.10 Å². The molecule has 2 aliphatic rings. The summed E-state index contributed by atoms with van der Waals surface area (Å²) in [5.41, 5.74) is 0. The molecule has 1 aromatic rings. The lowest BCUT2D eigenvalue weighted by Crippen LogP contribution is -2.53. The van der Waals surface area contributed by atoms with Crippen molar-refractivity contribution in [1.82, 2.24) is 30.4 Å². The van der Waals surface area contributed by atoms with Crippen molar-refractivity contribution in [3.05, 3.63) is 0 Å². The molecule has 22 heavy (non-hydrogen) atoms. The van der Waals surface area contributed by atoms with Crippen molar-refractivity contribution in [2.45, 2.75) is 38.8 Å². The molecule has 1 saturated carbocycles. The molecule has 0 aromatic carbocycles. The van der Waals surface area contributed by atoms with Crippen LogP contribution in [0.15, 0.2) is 0 Å². The second-order valence-electron chi connectivity index (χ2n) is 6.04. The number of anilines is 1. The monoisotopic (exact) mass is 307 g/mol. The molecule has 1 aliphatic carbocycles. The fraction of sp³-hybridized carbons (Fsp3) is 0.769. The summed E-state index contributed by atoms with van der Waals surface area (Å²) in [4.78, 5) is 27.5. The fourth-order valence-corrected chi connectivity index (χ4v) is 2.46. The van der Waals surface area contributed by atoms with Crippen LogP contribution in [-0.4, -0.2) is 69.1 Å². The van der Waals surface area contributed by atoms with Crippen LogP contribution in [0.3, 0.4) is 0 Å². The number of rotatable bonds is 3. The molecule has 9 heteroatoms. The summed E-state index contributed by atoms with van der Waals surface area (Å²) >= 11 is 0. The molecule has 1 saturated heterocycles. The van der Waals surface area contributed by atoms with Crippen molar-refractivity contribution in [2.24, 2.45) is 0 Å². The number of hydrogen-bond donors (Lipinski definition) is 1. The highest BCUT2D eigenvalue weighted by molar-refractivity contribution is 6.35. The van der Waals surface area contributed by atoms with Crippen molar-refractivity contribution in [1.29, 1.82) is 0 Å². The van der Waals surface area contributed by atoms with Crippen LogP contribution in [-0.2, 0) is 9.59 Å². The van der Waals surface area contributed by atoms with E-state index in [0.29, 0.717) is 32.1 Å². The van der Waals surface area contributed by atoms with Crippen LogP contribution in [0.25, 0.3) is 0 Å². The highest BCUT2D eigenvalue weighted by Crippen LogP contribution is 2.19. The Morgan fingerprint density at radius 3 is 2.45 bits per heavy atom. The van der Waals surface area contributed by atoms with Gasteiger partial charge in [-0.15, -0.1) is 0 Å². The fourth-order valence-electron chi connectivity index (χ4n) is 2.46. The predicted octanol–water partition coefficient (Wildman–Crippen LogP) is -0.819. The zero-order valence-electron chi connectivity index (χ0n) is 12.9. The van der Waals surface area contributed by atoms with Crippen LogP contribution < -0.4 is 10.2 Å². The summed E-state index contributed by atoms with van der Waals surface area (Å²) in [6.07, 6.45) is 1.95. The van der Waals surface area contributed by atoms with Gasteiger partial charge in [-0.3, -0.25) is 9.59 Å². The number of nitrogens with zero attached hydrogens (tertiary/aromatic N) is 6.